The Balaban J connectivity index is 1.45. The van der Waals surface area contributed by atoms with Crippen molar-refractivity contribution in [1.29, 1.82) is 0 Å². The van der Waals surface area contributed by atoms with Gasteiger partial charge in [-0.15, -0.1) is 11.3 Å². The zero-order chi connectivity index (χ0) is 19.6. The molecule has 1 amide bonds. The number of nitrogens with zero attached hydrogens (tertiary/aromatic N) is 2. The van der Waals surface area contributed by atoms with Crippen molar-refractivity contribution in [3.8, 4) is 11.5 Å². The predicted octanol–water partition coefficient (Wildman–Crippen LogP) is 3.89. The highest BCUT2D eigenvalue weighted by atomic mass is 32.1. The molecule has 4 rings (SSSR count). The molecule has 1 unspecified atom stereocenters. The number of benzene rings is 1. The lowest BCUT2D eigenvalue weighted by Crippen LogP contribution is -2.45. The van der Waals surface area contributed by atoms with Crippen LogP contribution in [0.1, 0.15) is 34.5 Å². The first-order chi connectivity index (χ1) is 13.6. The molecule has 0 radical (unpaired) electrons. The van der Waals surface area contributed by atoms with Crippen LogP contribution in [0.25, 0.3) is 0 Å². The van der Waals surface area contributed by atoms with Crippen molar-refractivity contribution < 1.29 is 14.3 Å². The van der Waals surface area contributed by atoms with Crippen molar-refractivity contribution in [2.45, 2.75) is 25.8 Å². The van der Waals surface area contributed by atoms with Gasteiger partial charge >= 0.3 is 0 Å². The zero-order valence-electron chi connectivity index (χ0n) is 16.6. The van der Waals surface area contributed by atoms with Crippen LogP contribution in [0.15, 0.2) is 35.7 Å². The van der Waals surface area contributed by atoms with E-state index in [1.807, 2.05) is 29.6 Å². The lowest BCUT2D eigenvalue weighted by atomic mass is 9.79. The number of ether oxygens (including phenoxy) is 2. The first kappa shape index (κ1) is 19.3. The summed E-state index contributed by atoms with van der Waals surface area (Å²) in [6, 6.07) is 9.95. The molecule has 2 saturated heterocycles. The normalized spacial score (nSPS) is 22.6. The van der Waals surface area contributed by atoms with Gasteiger partial charge in [-0.05, 0) is 43.3 Å². The standard InChI is InChI=1S/C22H28N2O3S/c1-26-18-7-3-6-17(20(18)27-2)14-23-11-5-9-22(15-23)10-12-24(16-22)21(25)19-8-4-13-28-19/h3-4,6-8,13H,5,9-12,14-16H2,1-2H3. The van der Waals surface area contributed by atoms with Gasteiger partial charge < -0.3 is 14.4 Å². The predicted molar refractivity (Wildman–Crippen MR) is 111 cm³/mol. The van der Waals surface area contributed by atoms with Crippen LogP contribution in [0.4, 0.5) is 0 Å². The van der Waals surface area contributed by atoms with Crippen molar-refractivity contribution in [3.63, 3.8) is 0 Å². The third-order valence-corrected chi connectivity index (χ3v) is 6.93. The molecule has 1 aromatic carbocycles. The summed E-state index contributed by atoms with van der Waals surface area (Å²) in [6.45, 7) is 4.70. The number of para-hydroxylation sites is 1. The number of carbonyl (C=O) groups excluding carboxylic acids is 1. The Hall–Kier alpha value is -2.05. The molecule has 150 valence electrons. The molecule has 0 bridgehead atoms. The maximum Gasteiger partial charge on any atom is 0.263 e. The second-order valence-corrected chi connectivity index (χ2v) is 8.87. The van der Waals surface area contributed by atoms with Crippen LogP contribution in [0, 0.1) is 5.41 Å². The first-order valence-electron chi connectivity index (χ1n) is 9.89. The lowest BCUT2D eigenvalue weighted by Gasteiger charge is -2.40. The Bertz CT molecular complexity index is 823. The van der Waals surface area contributed by atoms with E-state index in [0.717, 1.165) is 61.1 Å². The number of thiophene rings is 1. The van der Waals surface area contributed by atoms with Crippen molar-refractivity contribution in [2.24, 2.45) is 5.41 Å². The fraction of sp³-hybridized carbons (Fsp3) is 0.500. The maximum atomic E-state index is 12.8. The minimum absolute atomic E-state index is 0.193. The van der Waals surface area contributed by atoms with Gasteiger partial charge in [-0.1, -0.05) is 18.2 Å². The summed E-state index contributed by atoms with van der Waals surface area (Å²) in [5.74, 6) is 1.80. The number of amides is 1. The molecule has 2 fully saturated rings. The molecule has 3 heterocycles. The number of methoxy groups -OCH3 is 2. The van der Waals surface area contributed by atoms with Crippen LogP contribution in [0.2, 0.25) is 0 Å². The number of carbonyl (C=O) groups is 1. The minimum Gasteiger partial charge on any atom is -0.493 e. The topological polar surface area (TPSA) is 42.0 Å². The quantitative estimate of drug-likeness (QED) is 0.764. The molecular formula is C22H28N2O3S. The van der Waals surface area contributed by atoms with E-state index in [-0.39, 0.29) is 11.3 Å². The van der Waals surface area contributed by atoms with Gasteiger partial charge in [-0.25, -0.2) is 0 Å². The second kappa shape index (κ2) is 8.13. The average molecular weight is 401 g/mol. The molecule has 5 nitrogen and oxygen atoms in total. The van der Waals surface area contributed by atoms with E-state index in [1.165, 1.54) is 24.2 Å². The highest BCUT2D eigenvalue weighted by molar-refractivity contribution is 7.12. The highest BCUT2D eigenvalue weighted by Crippen LogP contribution is 2.41. The van der Waals surface area contributed by atoms with Crippen molar-refractivity contribution in [2.75, 3.05) is 40.4 Å². The summed E-state index contributed by atoms with van der Waals surface area (Å²) < 4.78 is 11.1. The van der Waals surface area contributed by atoms with Crippen LogP contribution in [0.5, 0.6) is 11.5 Å². The maximum absolute atomic E-state index is 12.8. The zero-order valence-corrected chi connectivity index (χ0v) is 17.5. The van der Waals surface area contributed by atoms with E-state index in [9.17, 15) is 4.79 Å². The minimum atomic E-state index is 0.193. The Kier molecular flexibility index (Phi) is 5.60. The molecule has 1 aromatic heterocycles. The number of hydrogen-bond acceptors (Lipinski definition) is 5. The van der Waals surface area contributed by atoms with E-state index in [1.54, 1.807) is 14.2 Å². The van der Waals surface area contributed by atoms with E-state index in [4.69, 9.17) is 9.47 Å². The Morgan fingerprint density at radius 3 is 2.75 bits per heavy atom. The summed E-state index contributed by atoms with van der Waals surface area (Å²) in [4.78, 5) is 18.2. The summed E-state index contributed by atoms with van der Waals surface area (Å²) >= 11 is 1.54. The molecule has 2 aliphatic rings. The molecule has 1 spiro atoms. The smallest absolute Gasteiger partial charge is 0.263 e. The van der Waals surface area contributed by atoms with E-state index in [2.05, 4.69) is 15.9 Å². The molecule has 0 aliphatic carbocycles. The highest BCUT2D eigenvalue weighted by Gasteiger charge is 2.43. The Labute approximate surface area is 170 Å². The van der Waals surface area contributed by atoms with Crippen LogP contribution in [-0.2, 0) is 6.54 Å². The molecule has 0 N–H and O–H groups in total. The second-order valence-electron chi connectivity index (χ2n) is 7.92. The summed E-state index contributed by atoms with van der Waals surface area (Å²) in [5, 5.41) is 1.98. The molecule has 1 atom stereocenters. The van der Waals surface area contributed by atoms with Gasteiger partial charge in [0, 0.05) is 37.2 Å². The van der Waals surface area contributed by atoms with Crippen molar-refractivity contribution >= 4 is 17.2 Å². The van der Waals surface area contributed by atoms with Gasteiger partial charge in [0.05, 0.1) is 19.1 Å². The fourth-order valence-corrected chi connectivity index (χ4v) is 5.45. The van der Waals surface area contributed by atoms with Crippen LogP contribution in [0.3, 0.4) is 0 Å². The monoisotopic (exact) mass is 400 g/mol. The number of likely N-dealkylation sites (tertiary alicyclic amines) is 2. The van der Waals surface area contributed by atoms with Gasteiger partial charge in [-0.3, -0.25) is 9.69 Å². The van der Waals surface area contributed by atoms with Crippen molar-refractivity contribution in [1.82, 2.24) is 9.80 Å². The number of piperidine rings is 1. The molecular weight excluding hydrogens is 372 g/mol. The van der Waals surface area contributed by atoms with E-state index < -0.39 is 0 Å². The summed E-state index contributed by atoms with van der Waals surface area (Å²) in [7, 11) is 3.37. The molecule has 6 heteroatoms. The third kappa shape index (κ3) is 3.76. The summed E-state index contributed by atoms with van der Waals surface area (Å²) in [6.07, 6.45) is 3.47. The molecule has 28 heavy (non-hydrogen) atoms. The lowest BCUT2D eigenvalue weighted by molar-refractivity contribution is 0.0677. The van der Waals surface area contributed by atoms with Gasteiger partial charge in [-0.2, -0.15) is 0 Å². The van der Waals surface area contributed by atoms with Crippen LogP contribution in [-0.4, -0.2) is 56.1 Å². The van der Waals surface area contributed by atoms with Gasteiger partial charge in [0.1, 0.15) is 0 Å². The van der Waals surface area contributed by atoms with E-state index >= 15 is 0 Å². The number of hydrogen-bond donors (Lipinski definition) is 0. The van der Waals surface area contributed by atoms with E-state index in [0.29, 0.717) is 0 Å². The molecule has 2 aromatic rings. The summed E-state index contributed by atoms with van der Waals surface area (Å²) in [5.41, 5.74) is 1.38. The Morgan fingerprint density at radius 1 is 1.11 bits per heavy atom. The van der Waals surface area contributed by atoms with Crippen LogP contribution < -0.4 is 9.47 Å². The van der Waals surface area contributed by atoms with Gasteiger partial charge in [0.2, 0.25) is 0 Å². The molecule has 2 aliphatic heterocycles. The van der Waals surface area contributed by atoms with Crippen molar-refractivity contribution in [3.05, 3.63) is 46.2 Å². The first-order valence-corrected chi connectivity index (χ1v) is 10.8. The Morgan fingerprint density at radius 2 is 2.00 bits per heavy atom. The SMILES string of the molecule is COc1cccc(CN2CCCC3(CCN(C(=O)c4cccs4)C3)C2)c1OC. The van der Waals surface area contributed by atoms with Crippen LogP contribution >= 0.6 is 11.3 Å². The third-order valence-electron chi connectivity index (χ3n) is 6.08. The van der Waals surface area contributed by atoms with Gasteiger partial charge in [0.15, 0.2) is 11.5 Å². The average Bonchev–Trinajstić information content (AvgIpc) is 3.38. The molecule has 0 saturated carbocycles. The number of rotatable bonds is 5. The van der Waals surface area contributed by atoms with Gasteiger partial charge in [0.25, 0.3) is 5.91 Å². The largest absolute Gasteiger partial charge is 0.493 e. The fourth-order valence-electron chi connectivity index (χ4n) is 4.76.